The highest BCUT2D eigenvalue weighted by Crippen LogP contribution is 2.11. The zero-order valence-electron chi connectivity index (χ0n) is 11.0. The summed E-state index contributed by atoms with van der Waals surface area (Å²) in [7, 11) is 0. The van der Waals surface area contributed by atoms with E-state index < -0.39 is 0 Å². The molecule has 0 aromatic heterocycles. The van der Waals surface area contributed by atoms with E-state index in [4.69, 9.17) is 0 Å². The molecule has 1 aromatic carbocycles. The molecule has 0 unspecified atom stereocenters. The molecule has 0 fully saturated rings. The Balaban J connectivity index is 2.21. The highest BCUT2D eigenvalue weighted by molar-refractivity contribution is 9.18. The summed E-state index contributed by atoms with van der Waals surface area (Å²) in [5.41, 5.74) is 2.31. The first-order valence-electron chi connectivity index (χ1n) is 6.42. The van der Waals surface area contributed by atoms with E-state index in [0.717, 1.165) is 28.9 Å². The summed E-state index contributed by atoms with van der Waals surface area (Å²) in [6.07, 6.45) is 8.85. The second kappa shape index (κ2) is 7.19. The van der Waals surface area contributed by atoms with Gasteiger partial charge in [-0.1, -0.05) is 48.6 Å². The number of hydrogen-bond acceptors (Lipinski definition) is 1. The van der Waals surface area contributed by atoms with Crippen molar-refractivity contribution in [1.29, 1.82) is 0 Å². The fourth-order valence-corrected chi connectivity index (χ4v) is 2.04. The number of benzene rings is 1. The van der Waals surface area contributed by atoms with Crippen molar-refractivity contribution in [3.63, 3.8) is 0 Å². The van der Waals surface area contributed by atoms with Crippen molar-refractivity contribution in [2.24, 2.45) is 9.98 Å². The standard InChI is InChI=1S/C16H17BrN2/c1-13(17)19-16(15-10-6-3-7-11-15)18-12-14-8-4-2-5-9-14/h3-4,6-11H,2,5,12H2,1H3. The molecule has 0 radical (unpaired) electrons. The number of aliphatic imine (C=N–C) groups is 2. The first kappa shape index (κ1) is 13.9. The van der Waals surface area contributed by atoms with Crippen LogP contribution in [0.3, 0.4) is 0 Å². The molecule has 0 saturated heterocycles. The molecule has 0 bridgehead atoms. The van der Waals surface area contributed by atoms with Crippen LogP contribution < -0.4 is 0 Å². The zero-order chi connectivity index (χ0) is 13.5. The second-order valence-electron chi connectivity index (χ2n) is 4.37. The predicted octanol–water partition coefficient (Wildman–Crippen LogP) is 4.52. The average Bonchev–Trinajstić information content (AvgIpc) is 2.45. The molecule has 1 aromatic rings. The molecule has 0 amide bonds. The molecule has 1 aliphatic rings. The van der Waals surface area contributed by atoms with Gasteiger partial charge < -0.3 is 0 Å². The van der Waals surface area contributed by atoms with E-state index in [0.29, 0.717) is 6.54 Å². The van der Waals surface area contributed by atoms with E-state index in [-0.39, 0.29) is 0 Å². The maximum Gasteiger partial charge on any atom is 0.155 e. The van der Waals surface area contributed by atoms with Gasteiger partial charge in [0.25, 0.3) is 0 Å². The van der Waals surface area contributed by atoms with E-state index >= 15 is 0 Å². The first-order valence-corrected chi connectivity index (χ1v) is 7.21. The maximum absolute atomic E-state index is 4.64. The topological polar surface area (TPSA) is 24.7 Å². The normalized spacial score (nSPS) is 16.4. The molecular weight excluding hydrogens is 300 g/mol. The van der Waals surface area contributed by atoms with E-state index in [9.17, 15) is 0 Å². The summed E-state index contributed by atoms with van der Waals surface area (Å²) in [4.78, 5) is 9.10. The van der Waals surface area contributed by atoms with Gasteiger partial charge in [0.1, 0.15) is 0 Å². The minimum Gasteiger partial charge on any atom is -0.261 e. The Morgan fingerprint density at radius 3 is 2.63 bits per heavy atom. The molecule has 19 heavy (non-hydrogen) atoms. The quantitative estimate of drug-likeness (QED) is 0.578. The Kier molecular flexibility index (Phi) is 5.28. The van der Waals surface area contributed by atoms with Crippen molar-refractivity contribution >= 4 is 26.4 Å². The summed E-state index contributed by atoms with van der Waals surface area (Å²) in [5.74, 6) is 0.773. The third-order valence-electron chi connectivity index (χ3n) is 2.78. The Hall–Kier alpha value is -1.48. The van der Waals surface area contributed by atoms with Gasteiger partial charge in [-0.15, -0.1) is 0 Å². The lowest BCUT2D eigenvalue weighted by molar-refractivity contribution is 0.995. The zero-order valence-corrected chi connectivity index (χ0v) is 12.6. The summed E-state index contributed by atoms with van der Waals surface area (Å²) in [6, 6.07) is 10.1. The molecule has 0 aliphatic heterocycles. The van der Waals surface area contributed by atoms with Crippen LogP contribution in [-0.4, -0.2) is 17.0 Å². The Bertz CT molecular complexity index is 535. The molecule has 3 heteroatoms. The van der Waals surface area contributed by atoms with Crippen molar-refractivity contribution < 1.29 is 0 Å². The largest absolute Gasteiger partial charge is 0.261 e. The van der Waals surface area contributed by atoms with Crippen LogP contribution in [0.4, 0.5) is 0 Å². The number of allylic oxidation sites excluding steroid dienone is 2. The molecule has 98 valence electrons. The monoisotopic (exact) mass is 316 g/mol. The van der Waals surface area contributed by atoms with Crippen molar-refractivity contribution in [2.45, 2.75) is 19.8 Å². The van der Waals surface area contributed by atoms with Gasteiger partial charge in [-0.05, 0) is 41.3 Å². The third-order valence-corrected chi connectivity index (χ3v) is 2.95. The molecule has 0 N–H and O–H groups in total. The number of amidine groups is 1. The number of nitrogens with zero attached hydrogens (tertiary/aromatic N) is 2. The first-order chi connectivity index (χ1) is 9.25. The molecular formula is C16H17BrN2. The fourth-order valence-electron chi connectivity index (χ4n) is 1.88. The van der Waals surface area contributed by atoms with Gasteiger partial charge in [0, 0.05) is 5.56 Å². The molecule has 0 saturated carbocycles. The van der Waals surface area contributed by atoms with E-state index in [2.05, 4.69) is 44.1 Å². The van der Waals surface area contributed by atoms with Gasteiger partial charge in [0.15, 0.2) is 5.84 Å². The van der Waals surface area contributed by atoms with Gasteiger partial charge in [-0.25, -0.2) is 4.99 Å². The molecule has 2 nitrogen and oxygen atoms in total. The predicted molar refractivity (Wildman–Crippen MR) is 86.3 cm³/mol. The minimum atomic E-state index is 0.685. The van der Waals surface area contributed by atoms with E-state index in [1.165, 1.54) is 5.57 Å². The summed E-state index contributed by atoms with van der Waals surface area (Å²) < 4.78 is 0.836. The summed E-state index contributed by atoms with van der Waals surface area (Å²) in [5, 5.41) is 0. The summed E-state index contributed by atoms with van der Waals surface area (Å²) in [6.45, 7) is 2.60. The maximum atomic E-state index is 4.64. The van der Waals surface area contributed by atoms with Crippen LogP contribution >= 0.6 is 15.9 Å². The summed E-state index contributed by atoms with van der Waals surface area (Å²) >= 11 is 3.38. The van der Waals surface area contributed by atoms with Gasteiger partial charge in [-0.3, -0.25) is 4.99 Å². The molecule has 1 aliphatic carbocycles. The second-order valence-corrected chi connectivity index (χ2v) is 5.52. The minimum absolute atomic E-state index is 0.685. The lowest BCUT2D eigenvalue weighted by Crippen LogP contribution is -2.01. The van der Waals surface area contributed by atoms with Crippen LogP contribution in [0.1, 0.15) is 25.3 Å². The third kappa shape index (κ3) is 4.60. The molecule has 2 rings (SSSR count). The average molecular weight is 317 g/mol. The van der Waals surface area contributed by atoms with E-state index in [1.807, 2.05) is 37.3 Å². The van der Waals surface area contributed by atoms with Gasteiger partial charge in [-0.2, -0.15) is 0 Å². The van der Waals surface area contributed by atoms with Gasteiger partial charge >= 0.3 is 0 Å². The number of halogens is 1. The van der Waals surface area contributed by atoms with Crippen LogP contribution in [0.15, 0.2) is 64.1 Å². The van der Waals surface area contributed by atoms with Crippen molar-refractivity contribution in [1.82, 2.24) is 0 Å². The molecule has 0 atom stereocenters. The molecule has 0 heterocycles. The Labute approximate surface area is 122 Å². The van der Waals surface area contributed by atoms with Gasteiger partial charge in [0.05, 0.1) is 11.2 Å². The highest BCUT2D eigenvalue weighted by Gasteiger charge is 2.02. The highest BCUT2D eigenvalue weighted by atomic mass is 79.9. The van der Waals surface area contributed by atoms with Crippen LogP contribution in [0.25, 0.3) is 0 Å². The Morgan fingerprint density at radius 1 is 1.21 bits per heavy atom. The lowest BCUT2D eigenvalue weighted by Gasteiger charge is -2.06. The van der Waals surface area contributed by atoms with Crippen LogP contribution in [0, 0.1) is 0 Å². The number of hydrogen-bond donors (Lipinski definition) is 0. The molecule has 0 spiro atoms. The lowest BCUT2D eigenvalue weighted by atomic mass is 10.1. The smallest absolute Gasteiger partial charge is 0.155 e. The van der Waals surface area contributed by atoms with Crippen LogP contribution in [-0.2, 0) is 0 Å². The SMILES string of the molecule is CC(Br)=NC(=NCC1=CCCC=C1)c1ccccc1. The van der Waals surface area contributed by atoms with E-state index in [1.54, 1.807) is 0 Å². The van der Waals surface area contributed by atoms with Crippen LogP contribution in [0.5, 0.6) is 0 Å². The van der Waals surface area contributed by atoms with Crippen molar-refractivity contribution in [2.75, 3.05) is 6.54 Å². The fraction of sp³-hybridized carbons (Fsp3) is 0.250. The van der Waals surface area contributed by atoms with Gasteiger partial charge in [0.2, 0.25) is 0 Å². The van der Waals surface area contributed by atoms with Crippen molar-refractivity contribution in [3.05, 3.63) is 59.7 Å². The van der Waals surface area contributed by atoms with Crippen LogP contribution in [0.2, 0.25) is 0 Å². The number of rotatable bonds is 3. The van der Waals surface area contributed by atoms with Crippen molar-refractivity contribution in [3.8, 4) is 0 Å². The Morgan fingerprint density at radius 2 is 2.00 bits per heavy atom.